The summed E-state index contributed by atoms with van der Waals surface area (Å²) in [5.74, 6) is -0.0594. The van der Waals surface area contributed by atoms with Gasteiger partial charge in [0.15, 0.2) is 0 Å². The molecule has 5 heteroatoms. The third-order valence-electron chi connectivity index (χ3n) is 3.36. The Labute approximate surface area is 128 Å². The molecule has 102 valence electrons. The predicted molar refractivity (Wildman–Crippen MR) is 84.0 cm³/mol. The van der Waals surface area contributed by atoms with Gasteiger partial charge in [-0.15, -0.1) is 33.2 Å². The van der Waals surface area contributed by atoms with Gasteiger partial charge in [0.1, 0.15) is 5.78 Å². The van der Waals surface area contributed by atoms with Crippen molar-refractivity contribution >= 4 is 45.0 Å². The molecule has 0 aromatic heterocycles. The van der Waals surface area contributed by atoms with Crippen LogP contribution in [-0.2, 0) is 4.79 Å². The van der Waals surface area contributed by atoms with E-state index in [4.69, 9.17) is 33.2 Å². The van der Waals surface area contributed by atoms with Crippen molar-refractivity contribution in [3.05, 3.63) is 48.0 Å². The molecule has 0 fully saturated rings. The first-order valence-corrected chi connectivity index (χ1v) is 11.4. The fraction of sp³-hybridized carbons (Fsp3) is 0.357. The van der Waals surface area contributed by atoms with Gasteiger partial charge in [0, 0.05) is 5.92 Å². The van der Waals surface area contributed by atoms with E-state index in [9.17, 15) is 4.79 Å². The Balaban J connectivity index is 2.31. The maximum atomic E-state index is 12.7. The van der Waals surface area contributed by atoms with E-state index in [0.29, 0.717) is 0 Å². The van der Waals surface area contributed by atoms with Gasteiger partial charge in [0.25, 0.3) is 0 Å². The standard InChI is InChI=1S/C14H15Cl3OSi/c15-19(16,17)14(12-9-5-2-6-10-12)13(18)11-7-3-1-4-8-11/h2-3,5-7,9-11,14H,1,4,8H2. The summed E-state index contributed by atoms with van der Waals surface area (Å²) in [7, 11) is 0. The van der Waals surface area contributed by atoms with Crippen LogP contribution >= 0.6 is 33.2 Å². The lowest BCUT2D eigenvalue weighted by molar-refractivity contribution is -0.121. The first kappa shape index (κ1) is 15.1. The van der Waals surface area contributed by atoms with Gasteiger partial charge >= 0.3 is 6.00 Å². The van der Waals surface area contributed by atoms with E-state index >= 15 is 0 Å². The number of allylic oxidation sites excluding steroid dienone is 2. The summed E-state index contributed by atoms with van der Waals surface area (Å²) < 4.78 is 0. The molecule has 0 saturated heterocycles. The van der Waals surface area contributed by atoms with E-state index in [-0.39, 0.29) is 11.7 Å². The molecule has 1 nitrogen and oxygen atoms in total. The SMILES string of the molecule is O=C(C1C=CCCC1)C(c1ccccc1)[Si](Cl)(Cl)Cl. The fourth-order valence-corrected chi connectivity index (χ4v) is 5.63. The quantitative estimate of drug-likeness (QED) is 0.435. The van der Waals surface area contributed by atoms with Crippen molar-refractivity contribution in [2.24, 2.45) is 5.92 Å². The van der Waals surface area contributed by atoms with E-state index in [0.717, 1.165) is 24.8 Å². The van der Waals surface area contributed by atoms with Crippen molar-refractivity contribution in [2.75, 3.05) is 0 Å². The summed E-state index contributed by atoms with van der Waals surface area (Å²) in [5.41, 5.74) is 0.240. The van der Waals surface area contributed by atoms with Crippen molar-refractivity contribution in [3.8, 4) is 0 Å². The molecule has 0 aliphatic heterocycles. The fourth-order valence-electron chi connectivity index (χ4n) is 2.42. The van der Waals surface area contributed by atoms with Crippen LogP contribution in [0.3, 0.4) is 0 Å². The molecule has 0 heterocycles. The van der Waals surface area contributed by atoms with Crippen LogP contribution in [0.2, 0.25) is 0 Å². The maximum Gasteiger partial charge on any atom is 0.355 e. The van der Waals surface area contributed by atoms with E-state index in [1.54, 1.807) is 0 Å². The number of rotatable bonds is 4. The van der Waals surface area contributed by atoms with Gasteiger partial charge in [-0.3, -0.25) is 4.79 Å². The molecule has 1 aromatic carbocycles. The normalized spacial score (nSPS) is 21.1. The molecule has 2 atom stereocenters. The third-order valence-corrected chi connectivity index (χ3v) is 6.60. The zero-order chi connectivity index (χ0) is 13.9. The summed E-state index contributed by atoms with van der Waals surface area (Å²) in [6.07, 6.45) is 6.93. The lowest BCUT2D eigenvalue weighted by Gasteiger charge is -2.26. The molecule has 0 bridgehead atoms. The highest BCUT2D eigenvalue weighted by molar-refractivity contribution is 7.65. The number of carbonyl (C=O) groups excluding carboxylic acids is 1. The summed E-state index contributed by atoms with van der Waals surface area (Å²) in [4.78, 5) is 12.7. The van der Waals surface area contributed by atoms with Gasteiger partial charge in [0.05, 0.1) is 5.54 Å². The predicted octanol–water partition coefficient (Wildman–Crippen LogP) is 4.89. The average molecular weight is 334 g/mol. The second-order valence-corrected chi connectivity index (χ2v) is 13.5. The van der Waals surface area contributed by atoms with Crippen molar-refractivity contribution in [1.82, 2.24) is 0 Å². The number of Topliss-reactive ketones (excluding diaryl/α,β-unsaturated/α-hetero) is 1. The molecular formula is C14H15Cl3OSi. The Bertz CT molecular complexity index is 467. The van der Waals surface area contributed by atoms with Gasteiger partial charge in [-0.05, 0) is 24.8 Å². The van der Waals surface area contributed by atoms with E-state index in [1.807, 2.05) is 42.5 Å². The topological polar surface area (TPSA) is 17.1 Å². The third kappa shape index (κ3) is 3.85. The van der Waals surface area contributed by atoms with Gasteiger partial charge in [-0.2, -0.15) is 0 Å². The number of benzene rings is 1. The molecule has 19 heavy (non-hydrogen) atoms. The van der Waals surface area contributed by atoms with Gasteiger partial charge in [-0.25, -0.2) is 0 Å². The van der Waals surface area contributed by atoms with Crippen LogP contribution in [0.4, 0.5) is 0 Å². The summed E-state index contributed by atoms with van der Waals surface area (Å²) in [5, 5.41) is 0. The minimum Gasteiger partial charge on any atom is -0.299 e. The molecule has 0 radical (unpaired) electrons. The first-order chi connectivity index (χ1) is 9.00. The van der Waals surface area contributed by atoms with Crippen LogP contribution in [0.25, 0.3) is 0 Å². The van der Waals surface area contributed by atoms with E-state index in [1.165, 1.54) is 0 Å². The van der Waals surface area contributed by atoms with Crippen molar-refractivity contribution in [1.29, 1.82) is 0 Å². The lowest BCUT2D eigenvalue weighted by atomic mass is 9.89. The second-order valence-electron chi connectivity index (χ2n) is 4.75. The molecule has 2 rings (SSSR count). The maximum absolute atomic E-state index is 12.7. The number of halogens is 3. The summed E-state index contributed by atoms with van der Waals surface area (Å²) >= 11 is 18.5. The molecule has 1 aliphatic rings. The van der Waals surface area contributed by atoms with E-state index in [2.05, 4.69) is 0 Å². The molecule has 1 aliphatic carbocycles. The van der Waals surface area contributed by atoms with Crippen LogP contribution in [0.15, 0.2) is 42.5 Å². The van der Waals surface area contributed by atoms with Crippen LogP contribution in [0.5, 0.6) is 0 Å². The number of hydrogen-bond acceptors (Lipinski definition) is 1. The Kier molecular flexibility index (Phi) is 5.13. The molecule has 0 amide bonds. The minimum atomic E-state index is -3.14. The van der Waals surface area contributed by atoms with Gasteiger partial charge in [-0.1, -0.05) is 42.5 Å². The highest BCUT2D eigenvalue weighted by atomic mass is 35.8. The lowest BCUT2D eigenvalue weighted by Crippen LogP contribution is -2.34. The van der Waals surface area contributed by atoms with Crippen LogP contribution in [0, 0.1) is 5.92 Å². The van der Waals surface area contributed by atoms with E-state index < -0.39 is 11.5 Å². The van der Waals surface area contributed by atoms with Crippen LogP contribution < -0.4 is 0 Å². The molecular weight excluding hydrogens is 319 g/mol. The highest BCUT2D eigenvalue weighted by Gasteiger charge is 2.44. The van der Waals surface area contributed by atoms with Crippen molar-refractivity contribution in [3.63, 3.8) is 0 Å². The first-order valence-electron chi connectivity index (χ1n) is 6.32. The zero-order valence-corrected chi connectivity index (χ0v) is 13.6. The van der Waals surface area contributed by atoms with Crippen LogP contribution in [-0.4, -0.2) is 11.8 Å². The van der Waals surface area contributed by atoms with Gasteiger partial charge in [0.2, 0.25) is 0 Å². The van der Waals surface area contributed by atoms with Crippen LogP contribution in [0.1, 0.15) is 30.4 Å². The van der Waals surface area contributed by atoms with Gasteiger partial charge < -0.3 is 0 Å². The second kappa shape index (κ2) is 6.44. The number of hydrogen-bond donors (Lipinski definition) is 0. The minimum absolute atomic E-state index is 0.0498. The summed E-state index contributed by atoms with van der Waals surface area (Å²) in [6, 6.07) is 6.23. The molecule has 2 unspecified atom stereocenters. The Hall–Kier alpha value is -0.283. The van der Waals surface area contributed by atoms with Crippen molar-refractivity contribution < 1.29 is 4.79 Å². The Morgan fingerprint density at radius 3 is 2.42 bits per heavy atom. The highest BCUT2D eigenvalue weighted by Crippen LogP contribution is 2.40. The molecule has 0 N–H and O–H groups in total. The zero-order valence-electron chi connectivity index (χ0n) is 10.4. The smallest absolute Gasteiger partial charge is 0.299 e. The average Bonchev–Trinajstić information content (AvgIpc) is 2.39. The number of ketones is 1. The molecule has 0 saturated carbocycles. The monoisotopic (exact) mass is 332 g/mol. The van der Waals surface area contributed by atoms with Crippen molar-refractivity contribution in [2.45, 2.75) is 24.8 Å². The Morgan fingerprint density at radius 1 is 1.21 bits per heavy atom. The Morgan fingerprint density at radius 2 is 1.89 bits per heavy atom. The molecule has 1 aromatic rings. The largest absolute Gasteiger partial charge is 0.355 e. The number of carbonyl (C=O) groups is 1. The summed E-state index contributed by atoms with van der Waals surface area (Å²) in [6.45, 7) is 0. The molecule has 0 spiro atoms.